The number of hydrogen-bond donors (Lipinski definition) is 2. The van der Waals surface area contributed by atoms with Crippen LogP contribution in [0.2, 0.25) is 0 Å². The van der Waals surface area contributed by atoms with Crippen molar-refractivity contribution in [3.8, 4) is 0 Å². The molecular weight excluding hydrogens is 380 g/mol. The van der Waals surface area contributed by atoms with Crippen molar-refractivity contribution in [2.45, 2.75) is 52.1 Å². The highest BCUT2D eigenvalue weighted by Gasteiger charge is 2.50. The third-order valence-electron chi connectivity index (χ3n) is 7.06. The number of imide groups is 2. The van der Waals surface area contributed by atoms with Gasteiger partial charge in [-0.3, -0.25) is 14.5 Å². The minimum Gasteiger partial charge on any atom is -0.322 e. The van der Waals surface area contributed by atoms with Crippen LogP contribution in [-0.2, 0) is 16.1 Å². The number of quaternary nitrogens is 2. The molecule has 30 heavy (non-hydrogen) atoms. The van der Waals surface area contributed by atoms with Gasteiger partial charge in [-0.1, -0.05) is 49.6 Å². The van der Waals surface area contributed by atoms with Gasteiger partial charge < -0.3 is 9.80 Å². The van der Waals surface area contributed by atoms with Gasteiger partial charge in [0.2, 0.25) is 0 Å². The second-order valence-corrected chi connectivity index (χ2v) is 9.34. The van der Waals surface area contributed by atoms with Crippen molar-refractivity contribution in [3.05, 3.63) is 35.4 Å². The minimum atomic E-state index is -0.639. The molecule has 162 valence electrons. The Morgan fingerprint density at radius 2 is 1.67 bits per heavy atom. The predicted octanol–water partition coefficient (Wildman–Crippen LogP) is -0.395. The largest absolute Gasteiger partial charge is 0.338 e. The average molecular weight is 415 g/mol. The minimum absolute atomic E-state index is 0.127. The second kappa shape index (κ2) is 8.86. The van der Waals surface area contributed by atoms with E-state index in [4.69, 9.17) is 0 Å². The Morgan fingerprint density at radius 3 is 2.37 bits per heavy atom. The number of benzene rings is 1. The summed E-state index contributed by atoms with van der Waals surface area (Å²) < 4.78 is 0. The number of carbonyl (C=O) groups is 3. The lowest BCUT2D eigenvalue weighted by Crippen LogP contribution is -3.28. The number of carbonyl (C=O) groups excluding carboxylic acids is 3. The number of nitrogens with zero attached hydrogens (tertiary/aromatic N) is 2. The van der Waals surface area contributed by atoms with Gasteiger partial charge >= 0.3 is 17.8 Å². The first-order valence-electron chi connectivity index (χ1n) is 11.4. The number of hydrogen-bond acceptors (Lipinski definition) is 3. The van der Waals surface area contributed by atoms with Crippen molar-refractivity contribution in [3.63, 3.8) is 0 Å². The lowest BCUT2D eigenvalue weighted by molar-refractivity contribution is -1.02. The molecule has 1 aromatic rings. The fourth-order valence-electron chi connectivity index (χ4n) is 5.26. The van der Waals surface area contributed by atoms with Crippen molar-refractivity contribution in [1.29, 1.82) is 0 Å². The van der Waals surface area contributed by atoms with E-state index < -0.39 is 17.8 Å². The van der Waals surface area contributed by atoms with Crippen LogP contribution in [0, 0.1) is 12.8 Å². The summed E-state index contributed by atoms with van der Waals surface area (Å²) in [5, 5.41) is 0. The molecule has 1 saturated carbocycles. The topological polar surface area (TPSA) is 66.6 Å². The van der Waals surface area contributed by atoms with Gasteiger partial charge in [0.25, 0.3) is 0 Å². The molecule has 0 aromatic heterocycles. The van der Waals surface area contributed by atoms with E-state index in [1.165, 1.54) is 30.7 Å². The number of nitrogens with one attached hydrogen (secondary N) is 2. The summed E-state index contributed by atoms with van der Waals surface area (Å²) in [6.07, 6.45) is 3.96. The zero-order valence-electron chi connectivity index (χ0n) is 18.2. The number of rotatable bonds is 5. The standard InChI is InChI=1S/C23H32N4O3/c1-17-6-5-8-19(14-17)15-24-10-12-25(13-11-24)16-26-21(28)22(29)27(23(26)30)20-9-4-3-7-18(20)2/h5-6,8,14,18,20H,3-4,7,9-13,15-16H2,1-2H3/p+2/t18-,20+/m1/s1. The molecule has 0 radical (unpaired) electrons. The summed E-state index contributed by atoms with van der Waals surface area (Å²) in [4.78, 5) is 43.3. The molecule has 0 unspecified atom stereocenters. The quantitative estimate of drug-likeness (QED) is 0.509. The lowest BCUT2D eigenvalue weighted by Gasteiger charge is -2.34. The molecule has 1 aromatic carbocycles. The van der Waals surface area contributed by atoms with Crippen LogP contribution in [-0.4, -0.2) is 66.5 Å². The molecule has 2 heterocycles. The van der Waals surface area contributed by atoms with Crippen molar-refractivity contribution in [1.82, 2.24) is 9.80 Å². The van der Waals surface area contributed by atoms with Crippen LogP contribution in [0.15, 0.2) is 24.3 Å². The van der Waals surface area contributed by atoms with Crippen LogP contribution >= 0.6 is 0 Å². The Balaban J connectivity index is 1.33. The summed E-state index contributed by atoms with van der Waals surface area (Å²) in [5.74, 6) is -0.998. The van der Waals surface area contributed by atoms with E-state index in [1.807, 2.05) is 0 Å². The van der Waals surface area contributed by atoms with Crippen LogP contribution in [0.1, 0.15) is 43.7 Å². The van der Waals surface area contributed by atoms with Crippen molar-refractivity contribution < 1.29 is 24.2 Å². The van der Waals surface area contributed by atoms with Gasteiger partial charge in [-0.15, -0.1) is 0 Å². The maximum Gasteiger partial charge on any atom is 0.338 e. The summed E-state index contributed by atoms with van der Waals surface area (Å²) in [6, 6.07) is 8.10. The SMILES string of the molecule is Cc1cccc(C[NH+]2CC[NH+](CN3C(=O)C(=O)N([C@H]4CCCC[C@H]4C)C3=O)CC2)c1. The molecule has 7 heteroatoms. The molecule has 2 saturated heterocycles. The van der Waals surface area contributed by atoms with Crippen molar-refractivity contribution in [2.24, 2.45) is 5.92 Å². The van der Waals surface area contributed by atoms with Gasteiger partial charge in [0.05, 0.1) is 0 Å². The molecule has 3 aliphatic rings. The fourth-order valence-corrected chi connectivity index (χ4v) is 5.26. The summed E-state index contributed by atoms with van der Waals surface area (Å²) >= 11 is 0. The molecule has 3 fully saturated rings. The van der Waals surface area contributed by atoms with Crippen LogP contribution < -0.4 is 9.80 Å². The monoisotopic (exact) mass is 414 g/mol. The van der Waals surface area contributed by atoms with E-state index in [0.717, 1.165) is 58.4 Å². The number of amides is 4. The smallest absolute Gasteiger partial charge is 0.322 e. The van der Waals surface area contributed by atoms with Gasteiger partial charge in [-0.05, 0) is 25.7 Å². The maximum atomic E-state index is 13.0. The molecule has 1 aliphatic carbocycles. The molecule has 0 bridgehead atoms. The summed E-state index contributed by atoms with van der Waals surface area (Å²) in [7, 11) is 0. The Labute approximate surface area is 178 Å². The third kappa shape index (κ3) is 4.27. The van der Waals surface area contributed by atoms with E-state index in [-0.39, 0.29) is 12.0 Å². The van der Waals surface area contributed by atoms with Gasteiger partial charge in [-0.25, -0.2) is 9.69 Å². The first kappa shape index (κ1) is 21.0. The van der Waals surface area contributed by atoms with Gasteiger partial charge in [0.1, 0.15) is 32.7 Å². The summed E-state index contributed by atoms with van der Waals surface area (Å²) in [5.41, 5.74) is 2.63. The van der Waals surface area contributed by atoms with Crippen molar-refractivity contribution >= 4 is 17.8 Å². The normalized spacial score (nSPS) is 30.3. The first-order chi connectivity index (χ1) is 14.4. The van der Waals surface area contributed by atoms with E-state index in [2.05, 4.69) is 38.1 Å². The van der Waals surface area contributed by atoms with E-state index in [1.54, 1.807) is 0 Å². The van der Waals surface area contributed by atoms with Gasteiger partial charge in [0.15, 0.2) is 6.67 Å². The Bertz CT molecular complexity index is 818. The highest BCUT2D eigenvalue weighted by Crippen LogP contribution is 2.30. The molecular formula is C23H34N4O3+2. The zero-order valence-corrected chi connectivity index (χ0v) is 18.2. The second-order valence-electron chi connectivity index (χ2n) is 9.34. The molecule has 7 nitrogen and oxygen atoms in total. The molecule has 2 aliphatic heterocycles. The van der Waals surface area contributed by atoms with E-state index in [0.29, 0.717) is 6.67 Å². The Hall–Kier alpha value is -2.25. The zero-order chi connectivity index (χ0) is 21.3. The molecule has 2 N–H and O–H groups in total. The number of aryl methyl sites for hydroxylation is 1. The van der Waals surface area contributed by atoms with Crippen LogP contribution in [0.4, 0.5) is 4.79 Å². The molecule has 4 rings (SSSR count). The van der Waals surface area contributed by atoms with Crippen LogP contribution in [0.5, 0.6) is 0 Å². The molecule has 2 atom stereocenters. The maximum absolute atomic E-state index is 13.0. The molecule has 4 amide bonds. The van der Waals surface area contributed by atoms with Gasteiger partial charge in [-0.2, -0.15) is 0 Å². The molecule has 0 spiro atoms. The van der Waals surface area contributed by atoms with Crippen LogP contribution in [0.25, 0.3) is 0 Å². The number of piperazine rings is 1. The third-order valence-corrected chi connectivity index (χ3v) is 7.06. The lowest BCUT2D eigenvalue weighted by atomic mass is 9.85. The highest BCUT2D eigenvalue weighted by molar-refractivity contribution is 6.44. The summed E-state index contributed by atoms with van der Waals surface area (Å²) in [6.45, 7) is 9.29. The van der Waals surface area contributed by atoms with E-state index in [9.17, 15) is 14.4 Å². The number of urea groups is 1. The average Bonchev–Trinajstić information content (AvgIpc) is 2.93. The first-order valence-corrected chi connectivity index (χ1v) is 11.4. The highest BCUT2D eigenvalue weighted by atomic mass is 16.2. The van der Waals surface area contributed by atoms with Crippen LogP contribution in [0.3, 0.4) is 0 Å². The predicted molar refractivity (Wildman–Crippen MR) is 112 cm³/mol. The van der Waals surface area contributed by atoms with E-state index >= 15 is 0 Å². The van der Waals surface area contributed by atoms with Gasteiger partial charge in [0, 0.05) is 11.6 Å². The fraction of sp³-hybridized carbons (Fsp3) is 0.609. The Kier molecular flexibility index (Phi) is 6.20. The van der Waals surface area contributed by atoms with Crippen molar-refractivity contribution in [2.75, 3.05) is 32.8 Å². The Morgan fingerprint density at radius 1 is 0.967 bits per heavy atom.